The molecule has 4 aromatic heterocycles. The molecule has 0 fully saturated rings. The third-order valence-corrected chi connectivity index (χ3v) is 24.9. The molecule has 2 amide bonds. The molecular formula is C42H57BrN6O6Sn. The predicted octanol–water partition coefficient (Wildman–Crippen LogP) is 8.91. The quantitative estimate of drug-likeness (QED) is 0.0686. The Morgan fingerprint density at radius 1 is 0.607 bits per heavy atom. The molecule has 0 saturated heterocycles. The van der Waals surface area contributed by atoms with Gasteiger partial charge in [-0.2, -0.15) is 0 Å². The van der Waals surface area contributed by atoms with E-state index in [0.717, 1.165) is 15.6 Å². The summed E-state index contributed by atoms with van der Waals surface area (Å²) < 4.78 is 16.0. The molecule has 0 atom stereocenters. The number of unbranched alkanes of at least 4 members (excludes halogenated alkanes) is 3. The maximum atomic E-state index is 11.6. The van der Waals surface area contributed by atoms with Gasteiger partial charge in [0.1, 0.15) is 11.6 Å². The molecule has 4 aromatic rings. The molecule has 12 nitrogen and oxygen atoms in total. The first-order valence-electron chi connectivity index (χ1n) is 19.2. The van der Waals surface area contributed by atoms with Gasteiger partial charge in [0.15, 0.2) is 0 Å². The van der Waals surface area contributed by atoms with Gasteiger partial charge < -0.3 is 20.1 Å². The van der Waals surface area contributed by atoms with Gasteiger partial charge in [0.05, 0.1) is 27.1 Å². The Labute approximate surface area is 344 Å². The summed E-state index contributed by atoms with van der Waals surface area (Å²) in [6, 6.07) is 15.3. The second-order valence-electron chi connectivity index (χ2n) is 13.1. The molecule has 2 N–H and O–H groups in total. The molecule has 4 heterocycles. The van der Waals surface area contributed by atoms with Crippen LogP contribution in [0.15, 0.2) is 90.2 Å². The van der Waals surface area contributed by atoms with E-state index < -0.39 is 30.3 Å². The Hall–Kier alpha value is -4.24. The fourth-order valence-corrected chi connectivity index (χ4v) is 21.6. The van der Waals surface area contributed by atoms with Crippen LogP contribution in [-0.4, -0.2) is 76.3 Å². The first kappa shape index (κ1) is 47.9. The molecule has 56 heavy (non-hydrogen) atoms. The van der Waals surface area contributed by atoms with Gasteiger partial charge in [-0.15, -0.1) is 0 Å². The number of rotatable bonds is 19. The minimum Gasteiger partial charge on any atom is -0.469 e. The SMILES string of the molecule is CCC[CH2][Sn]([CH2]CCC)([CH2]CCC)[c]1cccnc1.COC(=O)CCC(=O)Nc1ccc(-c2cccnc2)cn1.COC(=O)CCC(=O)Nc1ccc(Br)cn1. The van der Waals surface area contributed by atoms with Crippen molar-refractivity contribution in [1.82, 2.24) is 19.9 Å². The zero-order chi connectivity index (χ0) is 41.0. The number of hydrogen-bond donors (Lipinski definition) is 2. The van der Waals surface area contributed by atoms with E-state index in [-0.39, 0.29) is 37.5 Å². The van der Waals surface area contributed by atoms with E-state index in [1.807, 2.05) is 24.4 Å². The van der Waals surface area contributed by atoms with Crippen LogP contribution in [0.25, 0.3) is 11.1 Å². The van der Waals surface area contributed by atoms with Crippen molar-refractivity contribution in [2.45, 2.75) is 98.3 Å². The summed E-state index contributed by atoms with van der Waals surface area (Å²) in [5, 5.41) is 5.20. The van der Waals surface area contributed by atoms with Crippen LogP contribution in [0.4, 0.5) is 11.6 Å². The Kier molecular flexibility index (Phi) is 24.1. The van der Waals surface area contributed by atoms with Crippen LogP contribution < -0.4 is 14.2 Å². The van der Waals surface area contributed by atoms with Gasteiger partial charge in [-0.05, 0) is 46.3 Å². The Morgan fingerprint density at radius 2 is 1.09 bits per heavy atom. The average molecular weight is 941 g/mol. The van der Waals surface area contributed by atoms with E-state index in [1.165, 1.54) is 66.1 Å². The van der Waals surface area contributed by atoms with Gasteiger partial charge in [-0.1, -0.05) is 6.07 Å². The number of hydrogen-bond acceptors (Lipinski definition) is 10. The summed E-state index contributed by atoms with van der Waals surface area (Å²) >= 11 is 1.08. The number of ether oxygens (including phenoxy) is 2. The maximum absolute atomic E-state index is 11.6. The number of carbonyl (C=O) groups excluding carboxylic acids is 4. The number of amides is 2. The first-order valence-corrected chi connectivity index (χ1v) is 27.5. The van der Waals surface area contributed by atoms with E-state index in [0.29, 0.717) is 11.6 Å². The van der Waals surface area contributed by atoms with Gasteiger partial charge in [-0.3, -0.25) is 24.2 Å². The summed E-state index contributed by atoms with van der Waals surface area (Å²) in [4.78, 5) is 61.3. The van der Waals surface area contributed by atoms with Crippen molar-refractivity contribution >= 4 is 73.3 Å². The van der Waals surface area contributed by atoms with Gasteiger partial charge in [0, 0.05) is 53.2 Å². The largest absolute Gasteiger partial charge is 0.469 e. The van der Waals surface area contributed by atoms with Crippen molar-refractivity contribution < 1.29 is 28.7 Å². The third-order valence-electron chi connectivity index (χ3n) is 8.89. The van der Waals surface area contributed by atoms with Crippen LogP contribution >= 0.6 is 15.9 Å². The normalized spacial score (nSPS) is 10.5. The number of esters is 2. The van der Waals surface area contributed by atoms with Crippen LogP contribution in [0.5, 0.6) is 0 Å². The van der Waals surface area contributed by atoms with Crippen molar-refractivity contribution in [2.75, 3.05) is 24.9 Å². The maximum Gasteiger partial charge on any atom is 0.306 e. The molecular weight excluding hydrogens is 883 g/mol. The molecule has 0 aliphatic carbocycles. The number of halogens is 1. The van der Waals surface area contributed by atoms with Gasteiger partial charge >= 0.3 is 136 Å². The Morgan fingerprint density at radius 3 is 1.48 bits per heavy atom. The molecule has 4 rings (SSSR count). The van der Waals surface area contributed by atoms with E-state index in [4.69, 9.17) is 0 Å². The topological polar surface area (TPSA) is 162 Å². The predicted molar refractivity (Wildman–Crippen MR) is 228 cm³/mol. The number of nitrogens with zero attached hydrogens (tertiary/aromatic N) is 4. The minimum atomic E-state index is -2.16. The zero-order valence-corrected chi connectivity index (χ0v) is 37.8. The fourth-order valence-electron chi connectivity index (χ4n) is 5.70. The van der Waals surface area contributed by atoms with Crippen LogP contribution in [-0.2, 0) is 28.7 Å². The van der Waals surface area contributed by atoms with Gasteiger partial charge in [0.2, 0.25) is 11.8 Å². The first-order chi connectivity index (χ1) is 27.1. The van der Waals surface area contributed by atoms with E-state index >= 15 is 0 Å². The van der Waals surface area contributed by atoms with Crippen LogP contribution in [0.3, 0.4) is 0 Å². The van der Waals surface area contributed by atoms with Crippen molar-refractivity contribution in [3.63, 3.8) is 0 Å². The molecule has 0 spiro atoms. The monoisotopic (exact) mass is 940 g/mol. The molecule has 0 radical (unpaired) electrons. The number of nitrogens with one attached hydrogen (secondary N) is 2. The molecule has 0 aliphatic heterocycles. The molecule has 0 aliphatic rings. The third kappa shape index (κ3) is 19.1. The van der Waals surface area contributed by atoms with E-state index in [1.54, 1.807) is 46.6 Å². The van der Waals surface area contributed by atoms with Gasteiger partial charge in [-0.25, -0.2) is 9.97 Å². The Bertz CT molecular complexity index is 1700. The number of pyridine rings is 4. The molecule has 0 aromatic carbocycles. The number of aromatic nitrogens is 4. The summed E-state index contributed by atoms with van der Waals surface area (Å²) in [5.41, 5.74) is 1.87. The van der Waals surface area contributed by atoms with Crippen molar-refractivity contribution in [1.29, 1.82) is 0 Å². The zero-order valence-electron chi connectivity index (χ0n) is 33.4. The van der Waals surface area contributed by atoms with Crippen LogP contribution in [0, 0.1) is 0 Å². The second-order valence-corrected chi connectivity index (χ2v) is 27.3. The summed E-state index contributed by atoms with van der Waals surface area (Å²) in [5.74, 6) is -0.457. The molecule has 0 saturated carbocycles. The summed E-state index contributed by atoms with van der Waals surface area (Å²) in [7, 11) is 2.58. The van der Waals surface area contributed by atoms with Crippen molar-refractivity contribution in [2.24, 2.45) is 0 Å². The Balaban J connectivity index is 0.000000293. The standard InChI is InChI=1S/C15H15N3O3.C10H11BrN2O3.C5H4N.3C4H9.Sn/c1-21-15(20)7-6-14(19)18-13-5-4-12(10-17-13)11-3-2-8-16-9-11;1-16-10(15)5-4-9(14)13-8-3-2-7(11)6-12-8;1-2-4-6-5-3-1;3*1-3-4-2;/h2-5,8-10H,6-7H2,1H3,(H,17,18,19);2-3,6H,4-5H2,1H3,(H,12,13,14);1-2,4-5H;3*1,3-4H2,2H3;. The molecule has 0 unspecified atom stereocenters. The number of carbonyl (C=O) groups is 4. The molecule has 0 bridgehead atoms. The molecule has 302 valence electrons. The minimum absolute atomic E-state index is 0.0517. The fraction of sp³-hybridized carbons (Fsp3) is 0.429. The van der Waals surface area contributed by atoms with Crippen LogP contribution in [0.2, 0.25) is 13.3 Å². The van der Waals surface area contributed by atoms with Crippen molar-refractivity contribution in [3.05, 3.63) is 90.2 Å². The van der Waals surface area contributed by atoms with E-state index in [2.05, 4.69) is 95.1 Å². The second kappa shape index (κ2) is 28.2. The number of methoxy groups -OCH3 is 2. The smallest absolute Gasteiger partial charge is 0.306 e. The molecule has 14 heteroatoms. The van der Waals surface area contributed by atoms with Crippen LogP contribution in [0.1, 0.15) is 85.0 Å². The summed E-state index contributed by atoms with van der Waals surface area (Å²) in [6.45, 7) is 7.00. The number of anilines is 2. The van der Waals surface area contributed by atoms with Gasteiger partial charge in [0.25, 0.3) is 0 Å². The van der Waals surface area contributed by atoms with E-state index in [9.17, 15) is 19.2 Å². The van der Waals surface area contributed by atoms with Crippen molar-refractivity contribution in [3.8, 4) is 11.1 Å². The average Bonchev–Trinajstić information content (AvgIpc) is 3.24. The summed E-state index contributed by atoms with van der Waals surface area (Å²) in [6.07, 6.45) is 19.4.